The van der Waals surface area contributed by atoms with Gasteiger partial charge in [-0.1, -0.05) is 31.0 Å². The number of aliphatic imine (C=N–C) groups is 1. The predicted molar refractivity (Wildman–Crippen MR) is 111 cm³/mol. The van der Waals surface area contributed by atoms with Crippen LogP contribution < -0.4 is 0 Å². The zero-order valence-electron chi connectivity index (χ0n) is 16.9. The van der Waals surface area contributed by atoms with E-state index in [0.29, 0.717) is 17.3 Å². The van der Waals surface area contributed by atoms with E-state index in [2.05, 4.69) is 0 Å². The van der Waals surface area contributed by atoms with Crippen molar-refractivity contribution < 1.29 is 19.2 Å². The van der Waals surface area contributed by atoms with Crippen LogP contribution in [0.3, 0.4) is 0 Å². The topological polar surface area (TPSA) is 96.0 Å². The summed E-state index contributed by atoms with van der Waals surface area (Å²) in [5, 5.41) is 21.5. The summed E-state index contributed by atoms with van der Waals surface area (Å²) in [6.07, 6.45) is 3.02. The molecule has 0 aromatic heterocycles. The molecular formula is C20H26FN3O4S. The Morgan fingerprint density at radius 2 is 2.10 bits per heavy atom. The molecule has 7 nitrogen and oxygen atoms in total. The largest absolute Gasteiger partial charge is 0.465 e. The Balaban J connectivity index is 2.23. The standard InChI is InChI=1S/C20H26FN3O4S/c1-19(2,3)23(18(25)26)17-22-20(10-6-4-5-7-13(20)12-29-17)15-11-14(24(27)28)8-9-16(15)21/h8-9,11,13H,4-7,10,12H2,1-3H3,(H,25,26)/t13-,20-/m0/s1. The highest BCUT2D eigenvalue weighted by atomic mass is 32.2. The maximum atomic E-state index is 15.0. The molecule has 2 aliphatic rings. The van der Waals surface area contributed by atoms with Crippen molar-refractivity contribution in [2.45, 2.75) is 64.0 Å². The van der Waals surface area contributed by atoms with Crippen molar-refractivity contribution in [2.24, 2.45) is 10.9 Å². The number of nitro groups is 1. The van der Waals surface area contributed by atoms with Crippen LogP contribution in [0.4, 0.5) is 14.9 Å². The fourth-order valence-electron chi connectivity index (χ4n) is 4.30. The van der Waals surface area contributed by atoms with E-state index in [0.717, 1.165) is 37.8 Å². The number of carbonyl (C=O) groups is 1. The molecule has 1 heterocycles. The number of amidine groups is 1. The Kier molecular flexibility index (Phi) is 5.89. The fraction of sp³-hybridized carbons (Fsp3) is 0.600. The third-order valence-electron chi connectivity index (χ3n) is 5.68. The van der Waals surface area contributed by atoms with Gasteiger partial charge in [0, 0.05) is 29.0 Å². The quantitative estimate of drug-likeness (QED) is 0.508. The Bertz CT molecular complexity index is 855. The van der Waals surface area contributed by atoms with Crippen LogP contribution in [0, 0.1) is 21.8 Å². The molecule has 1 aliphatic heterocycles. The van der Waals surface area contributed by atoms with Crippen molar-refractivity contribution in [3.63, 3.8) is 0 Å². The summed E-state index contributed by atoms with van der Waals surface area (Å²) in [6.45, 7) is 5.35. The molecule has 29 heavy (non-hydrogen) atoms. The van der Waals surface area contributed by atoms with Gasteiger partial charge >= 0.3 is 6.09 Å². The van der Waals surface area contributed by atoms with Gasteiger partial charge in [-0.3, -0.25) is 20.0 Å². The van der Waals surface area contributed by atoms with Crippen molar-refractivity contribution >= 4 is 28.7 Å². The third kappa shape index (κ3) is 4.10. The number of nitro benzene ring substituents is 1. The van der Waals surface area contributed by atoms with Crippen molar-refractivity contribution in [1.29, 1.82) is 0 Å². The van der Waals surface area contributed by atoms with E-state index in [-0.39, 0.29) is 17.2 Å². The van der Waals surface area contributed by atoms with Crippen molar-refractivity contribution in [3.8, 4) is 0 Å². The van der Waals surface area contributed by atoms with E-state index in [1.807, 2.05) is 0 Å². The average Bonchev–Trinajstić information content (AvgIpc) is 2.83. The number of fused-ring (bicyclic) bond motifs is 1. The molecule has 1 fully saturated rings. The second-order valence-electron chi connectivity index (χ2n) is 8.64. The van der Waals surface area contributed by atoms with Crippen molar-refractivity contribution in [2.75, 3.05) is 5.75 Å². The molecule has 0 saturated heterocycles. The summed E-state index contributed by atoms with van der Waals surface area (Å²) in [4.78, 5) is 28.9. The highest BCUT2D eigenvalue weighted by molar-refractivity contribution is 8.13. The number of benzene rings is 1. The van der Waals surface area contributed by atoms with Gasteiger partial charge in [0.15, 0.2) is 5.17 Å². The lowest BCUT2D eigenvalue weighted by molar-refractivity contribution is -0.385. The van der Waals surface area contributed by atoms with Gasteiger partial charge in [0.25, 0.3) is 5.69 Å². The molecule has 1 aromatic carbocycles. The summed E-state index contributed by atoms with van der Waals surface area (Å²) in [6, 6.07) is 3.56. The number of carboxylic acid groups (broad SMARTS) is 1. The van der Waals surface area contributed by atoms with Crippen LogP contribution in [-0.4, -0.2) is 37.5 Å². The Labute approximate surface area is 173 Å². The Hall–Kier alpha value is -2.16. The summed E-state index contributed by atoms with van der Waals surface area (Å²) < 4.78 is 15.0. The van der Waals surface area contributed by atoms with E-state index in [1.54, 1.807) is 20.8 Å². The number of amides is 1. The first-order chi connectivity index (χ1) is 13.6. The molecule has 158 valence electrons. The molecular weight excluding hydrogens is 397 g/mol. The van der Waals surface area contributed by atoms with E-state index in [9.17, 15) is 20.0 Å². The number of thioether (sulfide) groups is 1. The Morgan fingerprint density at radius 3 is 2.72 bits per heavy atom. The normalized spacial score (nSPS) is 24.8. The number of hydrogen-bond acceptors (Lipinski definition) is 5. The maximum Gasteiger partial charge on any atom is 0.413 e. The van der Waals surface area contributed by atoms with Gasteiger partial charge < -0.3 is 5.11 Å². The van der Waals surface area contributed by atoms with Crippen molar-refractivity contribution in [3.05, 3.63) is 39.7 Å². The van der Waals surface area contributed by atoms with Gasteiger partial charge in [-0.25, -0.2) is 9.18 Å². The number of non-ortho nitro benzene ring substituents is 1. The van der Waals surface area contributed by atoms with Gasteiger partial charge in [-0.05, 0) is 45.6 Å². The predicted octanol–water partition coefficient (Wildman–Crippen LogP) is 5.39. The lowest BCUT2D eigenvalue weighted by Crippen LogP contribution is -2.51. The zero-order chi connectivity index (χ0) is 21.4. The SMILES string of the molecule is CC(C)(C)N(C(=O)O)C1=N[C@@]2(c3cc([N+](=O)[O-])ccc3F)CCCCC[C@H]2CS1. The van der Waals surface area contributed by atoms with Gasteiger partial charge in [-0.15, -0.1) is 0 Å². The maximum absolute atomic E-state index is 15.0. The van der Waals surface area contributed by atoms with Crippen LogP contribution in [0.2, 0.25) is 0 Å². The van der Waals surface area contributed by atoms with E-state index in [1.165, 1.54) is 22.7 Å². The minimum atomic E-state index is -1.12. The van der Waals surface area contributed by atoms with Crippen LogP contribution in [0.1, 0.15) is 58.4 Å². The number of nitrogens with zero attached hydrogens (tertiary/aromatic N) is 3. The molecule has 1 amide bonds. The van der Waals surface area contributed by atoms with E-state index in [4.69, 9.17) is 4.99 Å². The highest BCUT2D eigenvalue weighted by Gasteiger charge is 2.48. The summed E-state index contributed by atoms with van der Waals surface area (Å²) in [5.74, 6) is 0.0573. The fourth-order valence-corrected chi connectivity index (χ4v) is 5.80. The van der Waals surface area contributed by atoms with Crippen LogP contribution in [0.15, 0.2) is 23.2 Å². The van der Waals surface area contributed by atoms with Gasteiger partial charge in [-0.2, -0.15) is 0 Å². The molecule has 0 radical (unpaired) electrons. The smallest absolute Gasteiger partial charge is 0.413 e. The molecule has 1 aliphatic carbocycles. The van der Waals surface area contributed by atoms with Gasteiger partial charge in [0.1, 0.15) is 5.82 Å². The minimum Gasteiger partial charge on any atom is -0.465 e. The molecule has 2 atom stereocenters. The average molecular weight is 424 g/mol. The van der Waals surface area contributed by atoms with E-state index < -0.39 is 27.9 Å². The summed E-state index contributed by atoms with van der Waals surface area (Å²) in [5.41, 5.74) is -1.70. The first-order valence-corrected chi connectivity index (χ1v) is 10.7. The van der Waals surface area contributed by atoms with Crippen LogP contribution in [-0.2, 0) is 5.54 Å². The molecule has 0 unspecified atom stereocenters. The van der Waals surface area contributed by atoms with Crippen LogP contribution in [0.25, 0.3) is 0 Å². The lowest BCUT2D eigenvalue weighted by Gasteiger charge is -2.44. The second-order valence-corrected chi connectivity index (χ2v) is 9.62. The molecule has 3 rings (SSSR count). The van der Waals surface area contributed by atoms with Gasteiger partial charge in [0.2, 0.25) is 0 Å². The summed E-state index contributed by atoms with van der Waals surface area (Å²) >= 11 is 1.37. The number of rotatable bonds is 2. The van der Waals surface area contributed by atoms with Crippen LogP contribution in [0.5, 0.6) is 0 Å². The molecule has 0 bridgehead atoms. The monoisotopic (exact) mass is 423 g/mol. The third-order valence-corrected chi connectivity index (χ3v) is 6.78. The van der Waals surface area contributed by atoms with Gasteiger partial charge in [0.05, 0.1) is 10.5 Å². The zero-order valence-corrected chi connectivity index (χ0v) is 17.7. The molecule has 9 heteroatoms. The molecule has 1 saturated carbocycles. The number of hydrogen-bond donors (Lipinski definition) is 1. The molecule has 1 aromatic rings. The molecule has 0 spiro atoms. The highest BCUT2D eigenvalue weighted by Crippen LogP contribution is 2.50. The minimum absolute atomic E-state index is 0.00846. The summed E-state index contributed by atoms with van der Waals surface area (Å²) in [7, 11) is 0. The second kappa shape index (κ2) is 7.93. The Morgan fingerprint density at radius 1 is 1.38 bits per heavy atom. The molecule has 1 N–H and O–H groups in total. The lowest BCUT2D eigenvalue weighted by atomic mass is 9.75. The first kappa shape index (κ1) is 21.5. The van der Waals surface area contributed by atoms with Crippen molar-refractivity contribution in [1.82, 2.24) is 4.90 Å². The number of halogens is 1. The van der Waals surface area contributed by atoms with Crippen LogP contribution >= 0.6 is 11.8 Å². The first-order valence-electron chi connectivity index (χ1n) is 9.76. The van der Waals surface area contributed by atoms with E-state index >= 15 is 4.39 Å².